The third-order valence-electron chi connectivity index (χ3n) is 6.48. The average Bonchev–Trinajstić information content (AvgIpc) is 3.52. The maximum atomic E-state index is 12.5. The van der Waals surface area contributed by atoms with Crippen LogP contribution >= 0.6 is 0 Å². The molecule has 2 saturated heterocycles. The summed E-state index contributed by atoms with van der Waals surface area (Å²) in [7, 11) is 0. The number of allylic oxidation sites excluding steroid dienone is 1. The van der Waals surface area contributed by atoms with E-state index in [1.165, 1.54) is 6.08 Å². The molecule has 2 aromatic rings. The zero-order valence-corrected chi connectivity index (χ0v) is 22.3. The van der Waals surface area contributed by atoms with Gasteiger partial charge in [0.1, 0.15) is 25.1 Å². The van der Waals surface area contributed by atoms with Gasteiger partial charge in [-0.3, -0.25) is 0 Å². The van der Waals surface area contributed by atoms with E-state index in [1.807, 2.05) is 19.1 Å². The Morgan fingerprint density at radius 3 is 2.26 bits per heavy atom. The first-order chi connectivity index (χ1) is 18.8. The van der Waals surface area contributed by atoms with E-state index in [4.69, 9.17) is 23.7 Å². The van der Waals surface area contributed by atoms with Gasteiger partial charge in [-0.05, 0) is 48.7 Å². The second-order valence-corrected chi connectivity index (χ2v) is 9.66. The van der Waals surface area contributed by atoms with Gasteiger partial charge in [0.2, 0.25) is 0 Å². The molecule has 0 radical (unpaired) electrons. The molecule has 2 heterocycles. The molecule has 39 heavy (non-hydrogen) atoms. The van der Waals surface area contributed by atoms with Gasteiger partial charge < -0.3 is 23.7 Å². The van der Waals surface area contributed by atoms with E-state index in [1.54, 1.807) is 25.1 Å². The fraction of sp³-hybridized carbons (Fsp3) is 0.312. The molecule has 7 heteroatoms. The summed E-state index contributed by atoms with van der Waals surface area (Å²) in [5, 5.41) is 0. The number of hydrogen-bond donors (Lipinski definition) is 0. The van der Waals surface area contributed by atoms with Crippen LogP contribution in [0.15, 0.2) is 79.4 Å². The summed E-state index contributed by atoms with van der Waals surface area (Å²) >= 11 is 0. The van der Waals surface area contributed by atoms with Crippen molar-refractivity contribution >= 4 is 29.7 Å². The average molecular weight is 531 g/mol. The molecule has 4 rings (SSSR count). The Morgan fingerprint density at radius 2 is 1.56 bits per heavy atom. The number of rotatable bonds is 11. The lowest BCUT2D eigenvalue weighted by Gasteiger charge is -2.15. The van der Waals surface area contributed by atoms with Gasteiger partial charge in [0.15, 0.2) is 6.10 Å². The third kappa shape index (κ3) is 7.78. The maximum absolute atomic E-state index is 12.5. The lowest BCUT2D eigenvalue weighted by Crippen LogP contribution is -2.32. The van der Waals surface area contributed by atoms with Crippen molar-refractivity contribution in [3.8, 4) is 5.75 Å². The Bertz CT molecular complexity index is 1240. The summed E-state index contributed by atoms with van der Waals surface area (Å²) in [6, 6.07) is 15.4. The largest absolute Gasteiger partial charge is 0.490 e. The maximum Gasteiger partial charge on any atom is 0.333 e. The second kappa shape index (κ2) is 13.2. The Hall–Kier alpha value is -3.94. The van der Waals surface area contributed by atoms with Crippen molar-refractivity contribution in [1.82, 2.24) is 0 Å². The van der Waals surface area contributed by atoms with Crippen LogP contribution in [-0.4, -0.2) is 56.7 Å². The third-order valence-corrected chi connectivity index (χ3v) is 6.48. The predicted molar refractivity (Wildman–Crippen MR) is 150 cm³/mol. The topological polar surface area (TPSA) is 80.3 Å². The van der Waals surface area contributed by atoms with Crippen LogP contribution in [-0.2, 0) is 28.5 Å². The predicted octanol–water partition coefficient (Wildman–Crippen LogP) is 5.27. The molecule has 0 amide bonds. The van der Waals surface area contributed by atoms with E-state index < -0.39 is 18.0 Å². The monoisotopic (exact) mass is 530 g/mol. The lowest BCUT2D eigenvalue weighted by atomic mass is 9.99. The molecule has 2 aliphatic heterocycles. The molecule has 2 aliphatic rings. The molecular weight excluding hydrogens is 496 g/mol. The minimum Gasteiger partial charge on any atom is -0.490 e. The van der Waals surface area contributed by atoms with Crippen molar-refractivity contribution in [2.24, 2.45) is 5.92 Å². The van der Waals surface area contributed by atoms with Crippen LogP contribution in [0.4, 0.5) is 0 Å². The molecule has 4 atom stereocenters. The van der Waals surface area contributed by atoms with Gasteiger partial charge in [0.25, 0.3) is 0 Å². The lowest BCUT2D eigenvalue weighted by molar-refractivity contribution is -0.147. The van der Waals surface area contributed by atoms with Crippen LogP contribution in [0.5, 0.6) is 5.75 Å². The highest BCUT2D eigenvalue weighted by Crippen LogP contribution is 2.34. The van der Waals surface area contributed by atoms with Crippen LogP contribution in [0.25, 0.3) is 17.7 Å². The zero-order valence-electron chi connectivity index (χ0n) is 22.3. The van der Waals surface area contributed by atoms with Gasteiger partial charge in [-0.15, -0.1) is 0 Å². The van der Waals surface area contributed by atoms with Crippen LogP contribution < -0.4 is 4.74 Å². The van der Waals surface area contributed by atoms with Gasteiger partial charge >= 0.3 is 11.9 Å². The van der Waals surface area contributed by atoms with Crippen LogP contribution in [0.1, 0.15) is 30.5 Å². The number of ether oxygens (including phenoxy) is 5. The summed E-state index contributed by atoms with van der Waals surface area (Å²) in [4.78, 5) is 23.8. The van der Waals surface area contributed by atoms with Crippen molar-refractivity contribution in [3.05, 3.63) is 96.1 Å². The number of hydrogen-bond acceptors (Lipinski definition) is 7. The summed E-state index contributed by atoms with van der Waals surface area (Å²) in [6.45, 7) is 12.3. The summed E-state index contributed by atoms with van der Waals surface area (Å²) in [6.07, 6.45) is 6.36. The van der Waals surface area contributed by atoms with Crippen molar-refractivity contribution in [3.63, 3.8) is 0 Å². The number of fused-ring (bicyclic) bond motifs is 1. The quantitative estimate of drug-likeness (QED) is 0.222. The van der Waals surface area contributed by atoms with Crippen LogP contribution in [0, 0.1) is 5.92 Å². The van der Waals surface area contributed by atoms with Gasteiger partial charge in [-0.1, -0.05) is 67.3 Å². The van der Waals surface area contributed by atoms with E-state index in [0.717, 1.165) is 22.3 Å². The summed E-state index contributed by atoms with van der Waals surface area (Å²) < 4.78 is 28.1. The zero-order chi connectivity index (χ0) is 27.8. The number of esters is 2. The first-order valence-corrected chi connectivity index (χ1v) is 12.9. The molecule has 0 aliphatic carbocycles. The molecule has 0 bridgehead atoms. The molecule has 2 aromatic carbocycles. The van der Waals surface area contributed by atoms with Crippen LogP contribution in [0.2, 0.25) is 0 Å². The fourth-order valence-electron chi connectivity index (χ4n) is 4.32. The van der Waals surface area contributed by atoms with E-state index in [0.29, 0.717) is 24.5 Å². The number of carbonyl (C=O) groups is 2. The molecule has 0 saturated carbocycles. The van der Waals surface area contributed by atoms with E-state index in [9.17, 15) is 9.59 Å². The Kier molecular flexibility index (Phi) is 9.52. The van der Waals surface area contributed by atoms with Gasteiger partial charge in [-0.2, -0.15) is 0 Å². The molecule has 0 aromatic heterocycles. The Balaban J connectivity index is 1.21. The Labute approximate surface area is 229 Å². The number of carbonyl (C=O) groups excluding carboxylic acids is 2. The molecule has 0 spiro atoms. The first kappa shape index (κ1) is 28.1. The highest BCUT2D eigenvalue weighted by molar-refractivity contribution is 5.87. The molecule has 2 fully saturated rings. The molecule has 0 N–H and O–H groups in total. The molecule has 204 valence electrons. The molecule has 0 unspecified atom stereocenters. The molecular formula is C32H34O7. The smallest absolute Gasteiger partial charge is 0.333 e. The van der Waals surface area contributed by atoms with Gasteiger partial charge in [0.05, 0.1) is 19.3 Å². The first-order valence-electron chi connectivity index (χ1n) is 12.9. The summed E-state index contributed by atoms with van der Waals surface area (Å²) in [5.74, 6) is -0.179. The highest BCUT2D eigenvalue weighted by Gasteiger charge is 2.48. The Morgan fingerprint density at radius 1 is 0.897 bits per heavy atom. The van der Waals surface area contributed by atoms with Gasteiger partial charge in [-0.25, -0.2) is 9.59 Å². The highest BCUT2D eigenvalue weighted by atomic mass is 16.6. The fourth-order valence-corrected chi connectivity index (χ4v) is 4.32. The second-order valence-electron chi connectivity index (χ2n) is 9.66. The normalized spacial score (nSPS) is 22.1. The van der Waals surface area contributed by atoms with Crippen molar-refractivity contribution < 1.29 is 33.3 Å². The summed E-state index contributed by atoms with van der Waals surface area (Å²) in [5.41, 5.74) is 4.41. The minimum absolute atomic E-state index is 0.0916. The van der Waals surface area contributed by atoms with Crippen LogP contribution in [0.3, 0.4) is 0 Å². The van der Waals surface area contributed by atoms with E-state index in [2.05, 4.69) is 49.6 Å². The number of benzene rings is 2. The standard InChI is InChI=1S/C32H34O7/c1-21(2)25-11-5-23(6-12-25)7-13-26-19-37-31-28(20-38-30(26)31)39-29(33)16-10-24-8-14-27(15-9-24)35-17-18-36-32(34)22(3)4/h5-16,26,28,30-31H,1,3,17-20H2,2,4H3/b13-7?,16-10+/t26-,28-,30-,31-/m1/s1. The van der Waals surface area contributed by atoms with Crippen molar-refractivity contribution in [2.45, 2.75) is 32.2 Å². The SMILES string of the molecule is C=C(C)C(=O)OCCOc1ccc(/C=C/C(=O)O[C@@H]2CO[C@H]3[C@@H]2OC[C@H]3C=Cc2ccc(C(=C)C)cc2)cc1. The van der Waals surface area contributed by atoms with Gasteiger partial charge in [0, 0.05) is 17.6 Å². The van der Waals surface area contributed by atoms with E-state index in [-0.39, 0.29) is 31.3 Å². The van der Waals surface area contributed by atoms with E-state index >= 15 is 0 Å². The van der Waals surface area contributed by atoms with Crippen molar-refractivity contribution in [1.29, 1.82) is 0 Å². The van der Waals surface area contributed by atoms with Crippen molar-refractivity contribution in [2.75, 3.05) is 26.4 Å². The minimum atomic E-state index is -0.455. The molecule has 7 nitrogen and oxygen atoms in total.